The highest BCUT2D eigenvalue weighted by Crippen LogP contribution is 2.37. The summed E-state index contributed by atoms with van der Waals surface area (Å²) < 4.78 is 46.3. The van der Waals surface area contributed by atoms with Gasteiger partial charge >= 0.3 is 6.18 Å². The van der Waals surface area contributed by atoms with Gasteiger partial charge in [-0.15, -0.1) is 0 Å². The molecule has 1 saturated heterocycles. The number of aromatic nitrogens is 1. The Hall–Kier alpha value is -3.04. The molecule has 0 spiro atoms. The van der Waals surface area contributed by atoms with Gasteiger partial charge in [-0.05, 0) is 37.2 Å². The lowest BCUT2D eigenvalue weighted by Gasteiger charge is -2.26. The maximum absolute atomic E-state index is 13.7. The highest BCUT2D eigenvalue weighted by Gasteiger charge is 2.33. The van der Waals surface area contributed by atoms with E-state index in [4.69, 9.17) is 4.74 Å². The second kappa shape index (κ2) is 9.62. The van der Waals surface area contributed by atoms with E-state index in [0.717, 1.165) is 43.0 Å². The molecule has 1 aromatic heterocycles. The van der Waals surface area contributed by atoms with Crippen molar-refractivity contribution in [2.45, 2.75) is 12.6 Å². The normalized spacial score (nSPS) is 15.6. The van der Waals surface area contributed by atoms with Gasteiger partial charge in [-0.2, -0.15) is 13.2 Å². The van der Waals surface area contributed by atoms with E-state index in [1.54, 1.807) is 12.1 Å². The van der Waals surface area contributed by atoms with E-state index in [1.165, 1.54) is 18.3 Å². The Morgan fingerprint density at radius 3 is 2.72 bits per heavy atom. The van der Waals surface area contributed by atoms with Gasteiger partial charge in [-0.1, -0.05) is 18.2 Å². The lowest BCUT2D eigenvalue weighted by atomic mass is 10.1. The first-order valence-electron chi connectivity index (χ1n) is 10.5. The minimum atomic E-state index is -4.51. The molecule has 2 heterocycles. The standard InChI is InChI=1S/C23H25F3N4O2/c24-23(25,26)19-14-16(28-15-18-17-4-1-2-5-20(17)29-22(18)31)6-7-21(19)27-8-3-9-30-10-12-32-13-11-30/h1-2,4-7,14-15,27,29,31H,3,8-13H2. The van der Waals surface area contributed by atoms with Gasteiger partial charge in [0.1, 0.15) is 0 Å². The number of alkyl halides is 3. The fourth-order valence-corrected chi connectivity index (χ4v) is 3.77. The Morgan fingerprint density at radius 2 is 1.94 bits per heavy atom. The van der Waals surface area contributed by atoms with Gasteiger partial charge in [0.05, 0.1) is 30.0 Å². The number of rotatable bonds is 7. The predicted molar refractivity (Wildman–Crippen MR) is 119 cm³/mol. The second-order valence-electron chi connectivity index (χ2n) is 7.65. The minimum Gasteiger partial charge on any atom is -0.494 e. The maximum Gasteiger partial charge on any atom is 0.418 e. The van der Waals surface area contributed by atoms with Crippen LogP contribution in [0.15, 0.2) is 47.5 Å². The predicted octanol–water partition coefficient (Wildman–Crippen LogP) is 4.78. The molecule has 3 N–H and O–H groups in total. The number of anilines is 1. The summed E-state index contributed by atoms with van der Waals surface area (Å²) >= 11 is 0. The summed E-state index contributed by atoms with van der Waals surface area (Å²) in [5.41, 5.74) is 0.578. The van der Waals surface area contributed by atoms with Crippen molar-refractivity contribution in [2.75, 3.05) is 44.7 Å². The van der Waals surface area contributed by atoms with E-state index in [9.17, 15) is 18.3 Å². The molecule has 1 fully saturated rings. The molecule has 32 heavy (non-hydrogen) atoms. The summed E-state index contributed by atoms with van der Waals surface area (Å²) in [6, 6.07) is 11.2. The molecular formula is C23H25F3N4O2. The Labute approximate surface area is 183 Å². The fourth-order valence-electron chi connectivity index (χ4n) is 3.77. The average molecular weight is 446 g/mol. The van der Waals surface area contributed by atoms with E-state index in [-0.39, 0.29) is 17.3 Å². The number of ether oxygens (including phenoxy) is 1. The van der Waals surface area contributed by atoms with E-state index >= 15 is 0 Å². The van der Waals surface area contributed by atoms with Crippen molar-refractivity contribution in [2.24, 2.45) is 4.99 Å². The summed E-state index contributed by atoms with van der Waals surface area (Å²) in [4.78, 5) is 9.25. The number of aromatic hydroxyl groups is 1. The van der Waals surface area contributed by atoms with Crippen molar-refractivity contribution < 1.29 is 23.0 Å². The van der Waals surface area contributed by atoms with Gasteiger partial charge in [0.2, 0.25) is 0 Å². The third-order valence-electron chi connectivity index (χ3n) is 5.45. The van der Waals surface area contributed by atoms with Crippen LogP contribution < -0.4 is 5.32 Å². The molecule has 9 heteroatoms. The Balaban J connectivity index is 1.47. The monoisotopic (exact) mass is 446 g/mol. The molecule has 3 aromatic rings. The van der Waals surface area contributed by atoms with Crippen LogP contribution in [0.2, 0.25) is 0 Å². The third-order valence-corrected chi connectivity index (χ3v) is 5.45. The van der Waals surface area contributed by atoms with Crippen LogP contribution >= 0.6 is 0 Å². The zero-order chi connectivity index (χ0) is 22.6. The summed E-state index contributed by atoms with van der Waals surface area (Å²) in [5.74, 6) is -0.0791. The SMILES string of the molecule is Oc1[nH]c2ccccc2c1C=Nc1ccc(NCCCN2CCOCC2)c(C(F)(F)F)c1. The number of aromatic amines is 1. The van der Waals surface area contributed by atoms with E-state index in [1.807, 2.05) is 12.1 Å². The number of H-pyrrole nitrogens is 1. The van der Waals surface area contributed by atoms with Gasteiger partial charge in [0.15, 0.2) is 5.88 Å². The second-order valence-corrected chi connectivity index (χ2v) is 7.65. The fraction of sp³-hybridized carbons (Fsp3) is 0.348. The minimum absolute atomic E-state index is 0.0355. The first-order chi connectivity index (χ1) is 15.4. The number of aliphatic imine (C=N–C) groups is 1. The van der Waals surface area contributed by atoms with E-state index in [0.29, 0.717) is 25.3 Å². The number of hydrogen-bond acceptors (Lipinski definition) is 5. The van der Waals surface area contributed by atoms with Crippen LogP contribution in [-0.2, 0) is 10.9 Å². The Morgan fingerprint density at radius 1 is 1.16 bits per heavy atom. The number of para-hydroxylation sites is 1. The molecule has 0 amide bonds. The van der Waals surface area contributed by atoms with Crippen molar-refractivity contribution in [3.8, 4) is 5.88 Å². The zero-order valence-electron chi connectivity index (χ0n) is 17.5. The molecule has 0 radical (unpaired) electrons. The molecule has 0 unspecified atom stereocenters. The number of nitrogens with zero attached hydrogens (tertiary/aromatic N) is 2. The van der Waals surface area contributed by atoms with Gasteiger partial charge in [-0.3, -0.25) is 9.89 Å². The summed E-state index contributed by atoms with van der Waals surface area (Å²) in [5, 5.41) is 13.8. The molecule has 0 saturated carbocycles. The van der Waals surface area contributed by atoms with Crippen LogP contribution in [-0.4, -0.2) is 60.6 Å². The van der Waals surface area contributed by atoms with Crippen LogP contribution in [0.25, 0.3) is 10.9 Å². The number of fused-ring (bicyclic) bond motifs is 1. The molecule has 4 rings (SSSR count). The molecule has 0 bridgehead atoms. The van der Waals surface area contributed by atoms with Crippen molar-refractivity contribution in [3.05, 3.63) is 53.6 Å². The van der Waals surface area contributed by atoms with Crippen LogP contribution in [0.3, 0.4) is 0 Å². The topological polar surface area (TPSA) is 72.9 Å². The molecule has 1 aliphatic heterocycles. The van der Waals surface area contributed by atoms with Crippen LogP contribution in [0.4, 0.5) is 24.5 Å². The molecule has 1 aliphatic rings. The molecule has 6 nitrogen and oxygen atoms in total. The first-order valence-corrected chi connectivity index (χ1v) is 10.5. The number of morpholine rings is 1. The van der Waals surface area contributed by atoms with Gasteiger partial charge in [-0.25, -0.2) is 0 Å². The summed E-state index contributed by atoms with van der Waals surface area (Å²) in [6.45, 7) is 4.35. The van der Waals surface area contributed by atoms with Gasteiger partial charge in [0, 0.05) is 42.4 Å². The first kappa shape index (κ1) is 22.2. The van der Waals surface area contributed by atoms with Gasteiger partial charge in [0.25, 0.3) is 0 Å². The molecular weight excluding hydrogens is 421 g/mol. The highest BCUT2D eigenvalue weighted by atomic mass is 19.4. The number of hydrogen-bond donors (Lipinski definition) is 3. The van der Waals surface area contributed by atoms with Crippen molar-refractivity contribution in [1.29, 1.82) is 0 Å². The lowest BCUT2D eigenvalue weighted by Crippen LogP contribution is -2.37. The Bertz CT molecular complexity index is 1090. The Kier molecular flexibility index (Phi) is 6.66. The van der Waals surface area contributed by atoms with Crippen molar-refractivity contribution in [1.82, 2.24) is 9.88 Å². The van der Waals surface area contributed by atoms with E-state index < -0.39 is 11.7 Å². The highest BCUT2D eigenvalue weighted by molar-refractivity contribution is 6.02. The summed E-state index contributed by atoms with van der Waals surface area (Å²) in [6.07, 6.45) is -2.41. The number of benzene rings is 2. The van der Waals surface area contributed by atoms with Crippen LogP contribution in [0.5, 0.6) is 5.88 Å². The molecule has 170 valence electrons. The maximum atomic E-state index is 13.7. The lowest BCUT2D eigenvalue weighted by molar-refractivity contribution is -0.136. The number of nitrogens with one attached hydrogen (secondary N) is 2. The smallest absolute Gasteiger partial charge is 0.418 e. The van der Waals surface area contributed by atoms with Crippen molar-refractivity contribution in [3.63, 3.8) is 0 Å². The molecule has 2 aromatic carbocycles. The van der Waals surface area contributed by atoms with Crippen LogP contribution in [0, 0.1) is 0 Å². The third kappa shape index (κ3) is 5.23. The quantitative estimate of drug-likeness (QED) is 0.361. The molecule has 0 atom stereocenters. The zero-order valence-corrected chi connectivity index (χ0v) is 17.5. The number of halogens is 3. The summed E-state index contributed by atoms with van der Waals surface area (Å²) in [7, 11) is 0. The molecule has 0 aliphatic carbocycles. The average Bonchev–Trinajstić information content (AvgIpc) is 3.10. The largest absolute Gasteiger partial charge is 0.494 e. The van der Waals surface area contributed by atoms with E-state index in [2.05, 4.69) is 20.2 Å². The van der Waals surface area contributed by atoms with Crippen LogP contribution in [0.1, 0.15) is 17.5 Å². The van der Waals surface area contributed by atoms with Crippen molar-refractivity contribution >= 4 is 28.5 Å². The van der Waals surface area contributed by atoms with Gasteiger partial charge < -0.3 is 20.1 Å².